The summed E-state index contributed by atoms with van der Waals surface area (Å²) < 4.78 is 12.1. The fourth-order valence-electron chi connectivity index (χ4n) is 0.715. The van der Waals surface area contributed by atoms with Gasteiger partial charge >= 0.3 is 5.97 Å². The Kier molecular flexibility index (Phi) is 2.57. The standard InChI is InChI=1S/C10H10O2/c1-9(11)12-8-7-10-5-3-2-4-6-10/h2-8H,1H3/b8-7+/i7D. The lowest BCUT2D eigenvalue weighted by molar-refractivity contribution is -0.135. The van der Waals surface area contributed by atoms with Gasteiger partial charge in [-0.05, 0) is 11.6 Å². The van der Waals surface area contributed by atoms with Gasteiger partial charge in [-0.1, -0.05) is 30.3 Å². The summed E-state index contributed by atoms with van der Waals surface area (Å²) in [5.41, 5.74) is 0.726. The third-order valence-corrected chi connectivity index (χ3v) is 1.22. The van der Waals surface area contributed by atoms with Gasteiger partial charge in [0.15, 0.2) is 0 Å². The quantitative estimate of drug-likeness (QED) is 0.493. The van der Waals surface area contributed by atoms with E-state index >= 15 is 0 Å². The van der Waals surface area contributed by atoms with Crippen molar-refractivity contribution in [2.24, 2.45) is 0 Å². The van der Waals surface area contributed by atoms with Crippen molar-refractivity contribution in [1.29, 1.82) is 0 Å². The molecule has 1 aromatic rings. The van der Waals surface area contributed by atoms with E-state index in [4.69, 9.17) is 1.37 Å². The Labute approximate surface area is 72.9 Å². The Morgan fingerprint density at radius 3 is 2.75 bits per heavy atom. The van der Waals surface area contributed by atoms with Crippen molar-refractivity contribution in [2.45, 2.75) is 6.92 Å². The molecule has 0 aromatic heterocycles. The number of carbonyl (C=O) groups excluding carboxylic acids is 1. The highest BCUT2D eigenvalue weighted by Gasteiger charge is 1.85. The predicted octanol–water partition coefficient (Wildman–Crippen LogP) is 2.22. The maximum absolute atomic E-state index is 10.4. The molecular weight excluding hydrogens is 152 g/mol. The topological polar surface area (TPSA) is 26.3 Å². The summed E-state index contributed by atoms with van der Waals surface area (Å²) in [4.78, 5) is 10.4. The Morgan fingerprint density at radius 1 is 1.50 bits per heavy atom. The molecule has 0 heterocycles. The predicted molar refractivity (Wildman–Crippen MR) is 47.2 cm³/mol. The van der Waals surface area contributed by atoms with Gasteiger partial charge in [-0.3, -0.25) is 4.79 Å². The Bertz CT molecular complexity index is 317. The van der Waals surface area contributed by atoms with Gasteiger partial charge < -0.3 is 4.74 Å². The van der Waals surface area contributed by atoms with Crippen LogP contribution in [0, 0.1) is 0 Å². The van der Waals surface area contributed by atoms with Crippen LogP contribution >= 0.6 is 0 Å². The number of hydrogen-bond donors (Lipinski definition) is 0. The molecule has 1 rings (SSSR count). The minimum absolute atomic E-state index is 0.191. The third-order valence-electron chi connectivity index (χ3n) is 1.22. The summed E-state index contributed by atoms with van der Waals surface area (Å²) in [5.74, 6) is -0.416. The third kappa shape index (κ3) is 3.01. The average Bonchev–Trinajstić information content (AvgIpc) is 2.15. The van der Waals surface area contributed by atoms with E-state index in [9.17, 15) is 4.79 Å². The summed E-state index contributed by atoms with van der Waals surface area (Å²) in [7, 11) is 0. The highest BCUT2D eigenvalue weighted by atomic mass is 16.5. The Balaban J connectivity index is 2.73. The van der Waals surface area contributed by atoms with Gasteiger partial charge in [0.25, 0.3) is 0 Å². The monoisotopic (exact) mass is 163 g/mol. The first-order valence-electron chi connectivity index (χ1n) is 4.09. The van der Waals surface area contributed by atoms with E-state index in [0.717, 1.165) is 11.8 Å². The second kappa shape index (κ2) is 4.34. The molecule has 0 bridgehead atoms. The molecule has 62 valence electrons. The summed E-state index contributed by atoms with van der Waals surface area (Å²) in [6.45, 7) is 1.30. The first kappa shape index (κ1) is 7.10. The van der Waals surface area contributed by atoms with E-state index < -0.39 is 5.97 Å². The fourth-order valence-corrected chi connectivity index (χ4v) is 0.715. The highest BCUT2D eigenvalue weighted by molar-refractivity contribution is 5.67. The van der Waals surface area contributed by atoms with Crippen LogP contribution in [0.5, 0.6) is 0 Å². The lowest BCUT2D eigenvalue weighted by Crippen LogP contribution is -1.88. The second-order valence-electron chi connectivity index (χ2n) is 2.24. The SMILES string of the molecule is [2H]/C(=C\OC(C)=O)c1ccccc1. The zero-order valence-corrected chi connectivity index (χ0v) is 6.78. The first-order valence-corrected chi connectivity index (χ1v) is 3.59. The van der Waals surface area contributed by atoms with Crippen LogP contribution in [0.2, 0.25) is 0 Å². The van der Waals surface area contributed by atoms with Crippen LogP contribution in [-0.2, 0) is 9.53 Å². The summed E-state index contributed by atoms with van der Waals surface area (Å²) in [5, 5.41) is 0. The summed E-state index contributed by atoms with van der Waals surface area (Å²) in [6, 6.07) is 9.26. The first-order chi connectivity index (χ1) is 6.20. The number of esters is 1. The molecule has 0 aliphatic rings. The summed E-state index contributed by atoms with van der Waals surface area (Å²) >= 11 is 0. The van der Waals surface area contributed by atoms with Crippen molar-refractivity contribution in [1.82, 2.24) is 0 Å². The van der Waals surface area contributed by atoms with Gasteiger partial charge in [-0.15, -0.1) is 0 Å². The smallest absolute Gasteiger partial charge is 0.307 e. The van der Waals surface area contributed by atoms with Crippen LogP contribution in [-0.4, -0.2) is 5.97 Å². The Hall–Kier alpha value is -1.57. The molecule has 0 saturated heterocycles. The van der Waals surface area contributed by atoms with Crippen molar-refractivity contribution in [3.05, 3.63) is 42.2 Å². The molecule has 0 saturated carbocycles. The van der Waals surface area contributed by atoms with Crippen LogP contribution in [0.15, 0.2) is 36.6 Å². The fraction of sp³-hybridized carbons (Fsp3) is 0.100. The molecule has 0 aliphatic heterocycles. The second-order valence-corrected chi connectivity index (χ2v) is 2.24. The largest absolute Gasteiger partial charge is 0.435 e. The number of ether oxygens (including phenoxy) is 1. The molecule has 1 aromatic carbocycles. The van der Waals surface area contributed by atoms with Crippen molar-refractivity contribution in [3.63, 3.8) is 0 Å². The molecule has 0 atom stereocenters. The van der Waals surface area contributed by atoms with E-state index in [-0.39, 0.29) is 6.05 Å². The van der Waals surface area contributed by atoms with E-state index in [1.165, 1.54) is 6.92 Å². The number of carbonyl (C=O) groups is 1. The van der Waals surface area contributed by atoms with Crippen LogP contribution in [0.1, 0.15) is 13.9 Å². The lowest BCUT2D eigenvalue weighted by Gasteiger charge is -1.91. The molecular formula is C10H10O2. The van der Waals surface area contributed by atoms with Gasteiger partial charge in [0, 0.05) is 6.92 Å². The van der Waals surface area contributed by atoms with E-state index in [0.29, 0.717) is 0 Å². The molecule has 0 N–H and O–H groups in total. The number of hydrogen-bond acceptors (Lipinski definition) is 2. The zero-order valence-electron chi connectivity index (χ0n) is 7.78. The lowest BCUT2D eigenvalue weighted by atomic mass is 10.2. The normalized spacial score (nSPS) is 12.1. The van der Waals surface area contributed by atoms with E-state index in [2.05, 4.69) is 4.74 Å². The molecule has 0 spiro atoms. The molecule has 0 radical (unpaired) electrons. The number of benzene rings is 1. The van der Waals surface area contributed by atoms with Crippen molar-refractivity contribution >= 4 is 12.0 Å². The average molecular weight is 163 g/mol. The molecule has 0 unspecified atom stereocenters. The van der Waals surface area contributed by atoms with Crippen LogP contribution < -0.4 is 0 Å². The number of rotatable bonds is 2. The highest BCUT2D eigenvalue weighted by Crippen LogP contribution is 2.00. The van der Waals surface area contributed by atoms with Crippen LogP contribution in [0.3, 0.4) is 0 Å². The minimum atomic E-state index is -0.416. The maximum Gasteiger partial charge on any atom is 0.307 e. The van der Waals surface area contributed by atoms with Gasteiger partial charge in [0.2, 0.25) is 0 Å². The van der Waals surface area contributed by atoms with Crippen molar-refractivity contribution < 1.29 is 10.9 Å². The van der Waals surface area contributed by atoms with E-state index in [1.807, 2.05) is 18.2 Å². The molecule has 0 fully saturated rings. The zero-order chi connectivity index (χ0) is 9.68. The molecule has 12 heavy (non-hydrogen) atoms. The Morgan fingerprint density at radius 2 is 2.17 bits per heavy atom. The molecule has 2 heteroatoms. The molecule has 2 nitrogen and oxygen atoms in total. The van der Waals surface area contributed by atoms with Gasteiger partial charge in [0.1, 0.15) is 0 Å². The summed E-state index contributed by atoms with van der Waals surface area (Å²) in [6.07, 6.45) is 1.14. The molecule has 0 amide bonds. The van der Waals surface area contributed by atoms with Crippen LogP contribution in [0.25, 0.3) is 6.05 Å². The van der Waals surface area contributed by atoms with Gasteiger partial charge in [-0.2, -0.15) is 0 Å². The maximum atomic E-state index is 10.4. The van der Waals surface area contributed by atoms with Crippen LogP contribution in [0.4, 0.5) is 0 Å². The molecule has 0 aliphatic carbocycles. The van der Waals surface area contributed by atoms with Crippen molar-refractivity contribution in [3.8, 4) is 0 Å². The van der Waals surface area contributed by atoms with E-state index in [1.54, 1.807) is 12.1 Å². The minimum Gasteiger partial charge on any atom is -0.435 e. The van der Waals surface area contributed by atoms with Crippen molar-refractivity contribution in [2.75, 3.05) is 0 Å². The van der Waals surface area contributed by atoms with Gasteiger partial charge in [0.05, 0.1) is 7.63 Å². The van der Waals surface area contributed by atoms with Gasteiger partial charge in [-0.25, -0.2) is 0 Å².